The fraction of sp³-hybridized carbons (Fsp3) is 0.364. The van der Waals surface area contributed by atoms with Crippen LogP contribution in [0.3, 0.4) is 0 Å². The summed E-state index contributed by atoms with van der Waals surface area (Å²) < 4.78 is 13.2. The third-order valence-corrected chi connectivity index (χ3v) is 2.31. The van der Waals surface area contributed by atoms with Crippen molar-refractivity contribution in [3.8, 4) is 5.75 Å². The lowest BCUT2D eigenvalue weighted by Gasteiger charge is -2.13. The first-order valence-electron chi connectivity index (χ1n) is 4.88. The SMILES string of the molecule is Cc1cc(F)c(O)c(C(N)CCC(=O)O)c1. The van der Waals surface area contributed by atoms with Gasteiger partial charge in [-0.1, -0.05) is 6.07 Å². The Morgan fingerprint density at radius 3 is 2.75 bits per heavy atom. The van der Waals surface area contributed by atoms with E-state index >= 15 is 0 Å². The highest BCUT2D eigenvalue weighted by atomic mass is 19.1. The van der Waals surface area contributed by atoms with Gasteiger partial charge in [-0.25, -0.2) is 4.39 Å². The highest BCUT2D eigenvalue weighted by molar-refractivity contribution is 5.66. The molecule has 1 aromatic carbocycles. The number of phenols is 1. The predicted octanol–water partition coefficient (Wildman–Crippen LogP) is 1.70. The molecule has 0 saturated heterocycles. The Hall–Kier alpha value is -1.62. The third kappa shape index (κ3) is 2.93. The minimum Gasteiger partial charge on any atom is -0.505 e. The van der Waals surface area contributed by atoms with Crippen molar-refractivity contribution in [3.05, 3.63) is 29.1 Å². The fourth-order valence-electron chi connectivity index (χ4n) is 1.48. The zero-order valence-corrected chi connectivity index (χ0v) is 8.90. The Balaban J connectivity index is 2.90. The number of aliphatic carboxylic acids is 1. The molecule has 4 nitrogen and oxygen atoms in total. The summed E-state index contributed by atoms with van der Waals surface area (Å²) >= 11 is 0. The number of carboxylic acids is 1. The molecule has 5 heteroatoms. The number of carbonyl (C=O) groups is 1. The van der Waals surface area contributed by atoms with Gasteiger partial charge in [0.25, 0.3) is 0 Å². The van der Waals surface area contributed by atoms with Crippen molar-refractivity contribution in [3.63, 3.8) is 0 Å². The van der Waals surface area contributed by atoms with E-state index in [1.165, 1.54) is 6.07 Å². The number of phenolic OH excluding ortho intramolecular Hbond substituents is 1. The lowest BCUT2D eigenvalue weighted by atomic mass is 9.99. The van der Waals surface area contributed by atoms with E-state index in [2.05, 4.69) is 0 Å². The van der Waals surface area contributed by atoms with Crippen molar-refractivity contribution in [1.29, 1.82) is 0 Å². The number of halogens is 1. The van der Waals surface area contributed by atoms with Gasteiger partial charge < -0.3 is 15.9 Å². The molecule has 0 aromatic heterocycles. The number of aromatic hydroxyl groups is 1. The lowest BCUT2D eigenvalue weighted by Crippen LogP contribution is -2.13. The van der Waals surface area contributed by atoms with Crippen molar-refractivity contribution in [1.82, 2.24) is 0 Å². The average Bonchev–Trinajstić information content (AvgIpc) is 2.19. The number of hydrogen-bond donors (Lipinski definition) is 3. The molecule has 0 saturated carbocycles. The normalized spacial score (nSPS) is 12.4. The van der Waals surface area contributed by atoms with Gasteiger partial charge in [-0.3, -0.25) is 4.79 Å². The van der Waals surface area contributed by atoms with Crippen LogP contribution in [0.15, 0.2) is 12.1 Å². The van der Waals surface area contributed by atoms with Crippen LogP contribution in [0.1, 0.15) is 30.0 Å². The first-order valence-corrected chi connectivity index (χ1v) is 4.88. The summed E-state index contributed by atoms with van der Waals surface area (Å²) in [7, 11) is 0. The first kappa shape index (κ1) is 12.4. The first-order chi connectivity index (χ1) is 7.41. The quantitative estimate of drug-likeness (QED) is 0.731. The maximum atomic E-state index is 13.2. The van der Waals surface area contributed by atoms with Gasteiger partial charge in [0, 0.05) is 18.0 Å². The number of benzene rings is 1. The van der Waals surface area contributed by atoms with E-state index in [0.717, 1.165) is 0 Å². The molecular formula is C11H14FNO3. The molecule has 4 N–H and O–H groups in total. The minimum atomic E-state index is -0.969. The molecule has 0 aliphatic carbocycles. The van der Waals surface area contributed by atoms with Crippen molar-refractivity contribution in [2.75, 3.05) is 0 Å². The molecule has 0 amide bonds. The molecule has 1 aromatic rings. The van der Waals surface area contributed by atoms with Crippen molar-refractivity contribution < 1.29 is 19.4 Å². The highest BCUT2D eigenvalue weighted by Crippen LogP contribution is 2.29. The smallest absolute Gasteiger partial charge is 0.303 e. The molecule has 0 spiro atoms. The van der Waals surface area contributed by atoms with Gasteiger partial charge >= 0.3 is 5.97 Å². The Bertz CT molecular complexity index is 406. The van der Waals surface area contributed by atoms with Crippen molar-refractivity contribution in [2.45, 2.75) is 25.8 Å². The van der Waals surface area contributed by atoms with E-state index < -0.39 is 23.6 Å². The van der Waals surface area contributed by atoms with Gasteiger partial charge in [0.05, 0.1) is 0 Å². The van der Waals surface area contributed by atoms with Crippen LogP contribution in [0.5, 0.6) is 5.75 Å². The zero-order valence-electron chi connectivity index (χ0n) is 8.90. The summed E-state index contributed by atoms with van der Waals surface area (Å²) in [5, 5.41) is 18.0. The molecule has 0 aliphatic rings. The maximum absolute atomic E-state index is 13.2. The minimum absolute atomic E-state index is 0.115. The predicted molar refractivity (Wildman–Crippen MR) is 56.6 cm³/mol. The Kier molecular flexibility index (Phi) is 3.84. The van der Waals surface area contributed by atoms with E-state index in [-0.39, 0.29) is 18.4 Å². The van der Waals surface area contributed by atoms with Gasteiger partial charge in [0.15, 0.2) is 11.6 Å². The second-order valence-electron chi connectivity index (χ2n) is 3.72. The van der Waals surface area contributed by atoms with Crippen LogP contribution in [0.25, 0.3) is 0 Å². The van der Waals surface area contributed by atoms with Gasteiger partial charge in [-0.05, 0) is 25.0 Å². The number of aryl methyl sites for hydroxylation is 1. The Labute approximate surface area is 92.5 Å². The van der Waals surface area contributed by atoms with Crippen molar-refractivity contribution in [2.24, 2.45) is 5.73 Å². The molecule has 0 bridgehead atoms. The van der Waals surface area contributed by atoms with Crippen LogP contribution in [-0.2, 0) is 4.79 Å². The monoisotopic (exact) mass is 227 g/mol. The number of nitrogens with two attached hydrogens (primary N) is 1. The average molecular weight is 227 g/mol. The lowest BCUT2D eigenvalue weighted by molar-refractivity contribution is -0.137. The van der Waals surface area contributed by atoms with Gasteiger partial charge in [0.1, 0.15) is 0 Å². The zero-order chi connectivity index (χ0) is 12.3. The van der Waals surface area contributed by atoms with E-state index in [1.54, 1.807) is 13.0 Å². The molecule has 88 valence electrons. The number of carboxylic acid groups (broad SMARTS) is 1. The largest absolute Gasteiger partial charge is 0.505 e. The second-order valence-corrected chi connectivity index (χ2v) is 3.72. The summed E-state index contributed by atoms with van der Waals surface area (Å²) in [6.45, 7) is 1.68. The van der Waals surface area contributed by atoms with Gasteiger partial charge in [-0.15, -0.1) is 0 Å². The topological polar surface area (TPSA) is 83.5 Å². The second kappa shape index (κ2) is 4.94. The summed E-state index contributed by atoms with van der Waals surface area (Å²) in [5.41, 5.74) is 6.58. The van der Waals surface area contributed by atoms with Crippen molar-refractivity contribution >= 4 is 5.97 Å². The molecule has 0 fully saturated rings. The molecule has 0 heterocycles. The summed E-state index contributed by atoms with van der Waals surface area (Å²) in [6.07, 6.45) is 0.0436. The Morgan fingerprint density at radius 2 is 2.19 bits per heavy atom. The molecule has 0 radical (unpaired) electrons. The highest BCUT2D eigenvalue weighted by Gasteiger charge is 2.16. The standard InChI is InChI=1S/C11H14FNO3/c1-6-4-7(11(16)8(12)5-6)9(13)2-3-10(14)15/h4-5,9,16H,2-3,13H2,1H3,(H,14,15). The van der Waals surface area contributed by atoms with E-state index in [1.807, 2.05) is 0 Å². The molecule has 0 aliphatic heterocycles. The number of hydrogen-bond acceptors (Lipinski definition) is 3. The molecule has 1 rings (SSSR count). The summed E-state index contributed by atoms with van der Waals surface area (Å²) in [5.74, 6) is -2.20. The van der Waals surface area contributed by atoms with Crippen LogP contribution in [-0.4, -0.2) is 16.2 Å². The van der Waals surface area contributed by atoms with Crippen LogP contribution in [0.2, 0.25) is 0 Å². The number of rotatable bonds is 4. The van der Waals surface area contributed by atoms with E-state index in [0.29, 0.717) is 5.56 Å². The van der Waals surface area contributed by atoms with Crippen LogP contribution in [0, 0.1) is 12.7 Å². The van der Waals surface area contributed by atoms with E-state index in [4.69, 9.17) is 10.8 Å². The van der Waals surface area contributed by atoms with Crippen LogP contribution in [0.4, 0.5) is 4.39 Å². The fourth-order valence-corrected chi connectivity index (χ4v) is 1.48. The van der Waals surface area contributed by atoms with Crippen LogP contribution >= 0.6 is 0 Å². The van der Waals surface area contributed by atoms with E-state index in [9.17, 15) is 14.3 Å². The molecule has 1 unspecified atom stereocenters. The molecule has 16 heavy (non-hydrogen) atoms. The Morgan fingerprint density at radius 1 is 1.56 bits per heavy atom. The summed E-state index contributed by atoms with van der Waals surface area (Å²) in [6, 6.07) is 2.08. The maximum Gasteiger partial charge on any atom is 0.303 e. The van der Waals surface area contributed by atoms with Gasteiger partial charge in [-0.2, -0.15) is 0 Å². The molecular weight excluding hydrogens is 213 g/mol. The van der Waals surface area contributed by atoms with Crippen LogP contribution < -0.4 is 5.73 Å². The molecule has 1 atom stereocenters. The summed E-state index contributed by atoms with van der Waals surface area (Å²) in [4.78, 5) is 10.4. The third-order valence-electron chi connectivity index (χ3n) is 2.31. The van der Waals surface area contributed by atoms with Gasteiger partial charge in [0.2, 0.25) is 0 Å².